The summed E-state index contributed by atoms with van der Waals surface area (Å²) in [4.78, 5) is 0. The minimum Gasteiger partial charge on any atom is -0.722 e. The van der Waals surface area contributed by atoms with Crippen LogP contribution in [0.2, 0.25) is 0 Å². The Bertz CT molecular complexity index is 796. The van der Waals surface area contributed by atoms with Gasteiger partial charge < -0.3 is 27.3 Å². The molecular weight excluding hydrogens is 636 g/mol. The van der Waals surface area contributed by atoms with Crippen molar-refractivity contribution in [1.29, 1.82) is 0 Å². The van der Waals surface area contributed by atoms with Gasteiger partial charge in [-0.3, -0.25) is 0 Å². The van der Waals surface area contributed by atoms with Crippen LogP contribution in [-0.2, 0) is 63.0 Å². The summed E-state index contributed by atoms with van der Waals surface area (Å²) < 4.78 is 212. The summed E-state index contributed by atoms with van der Waals surface area (Å²) in [5.74, 6) is 0. The maximum Gasteiger partial charge on any atom is 1.00 e. The second kappa shape index (κ2) is 33.8. The fourth-order valence-electron chi connectivity index (χ4n) is 0. The molecule has 0 atom stereocenters. The fraction of sp³-hybridized carbons (Fsp3) is 0. The normalized spacial score (nSPS) is 9.67. The van der Waals surface area contributed by atoms with E-state index in [2.05, 4.69) is 0 Å². The van der Waals surface area contributed by atoms with Crippen molar-refractivity contribution in [1.82, 2.24) is 0 Å². The summed E-state index contributed by atoms with van der Waals surface area (Å²) in [7, 11) is -32.5. The second-order valence-corrected chi connectivity index (χ2v) is 7.08. The van der Waals surface area contributed by atoms with Gasteiger partial charge in [0.1, 0.15) is 0 Å². The molecule has 0 N–H and O–H groups in total. The van der Waals surface area contributed by atoms with E-state index in [1.54, 1.807) is 0 Å². The van der Waals surface area contributed by atoms with Crippen LogP contribution < -0.4 is 113 Å². The standard InChI is InChI=1S/6FHO3S.6Li/c6*1-5(2,3)4;;;;;;/h6*(H,2,3,4);;;;;;/q;;;;;;6*+1/p-6. The maximum absolute atomic E-state index is 10.1. The molecule has 192 valence electrons. The first-order valence-corrected chi connectivity index (χ1v) is 11.8. The largest absolute Gasteiger partial charge is 1.00 e. The molecular formula is F6Li6O18S6. The van der Waals surface area contributed by atoms with Gasteiger partial charge in [0.05, 0.1) is 0 Å². The molecule has 0 amide bonds. The van der Waals surface area contributed by atoms with Crippen molar-refractivity contribution < 1.29 is 214 Å². The van der Waals surface area contributed by atoms with Crippen LogP contribution in [0.15, 0.2) is 0 Å². The molecule has 0 aromatic rings. The quantitative estimate of drug-likeness (QED) is 0.103. The van der Waals surface area contributed by atoms with Gasteiger partial charge in [-0.1, -0.05) is 0 Å². The Balaban J connectivity index is -0.0000000186. The van der Waals surface area contributed by atoms with Crippen molar-refractivity contribution in [2.45, 2.75) is 0 Å². The minimum absolute atomic E-state index is 0. The first-order valence-electron chi connectivity index (χ1n) is 3.93. The van der Waals surface area contributed by atoms with E-state index in [1.165, 1.54) is 0 Å². The summed E-state index contributed by atoms with van der Waals surface area (Å²) in [6.45, 7) is 0. The van der Waals surface area contributed by atoms with Gasteiger partial charge in [0.15, 0.2) is 0 Å². The zero-order valence-electron chi connectivity index (χ0n) is 18.1. The van der Waals surface area contributed by atoms with E-state index in [4.69, 9.17) is 77.8 Å². The van der Waals surface area contributed by atoms with Crippen LogP contribution in [0.4, 0.5) is 23.3 Å². The van der Waals surface area contributed by atoms with Gasteiger partial charge in [-0.2, -0.15) is 0 Å². The Morgan fingerprint density at radius 2 is 0.250 bits per heavy atom. The van der Waals surface area contributed by atoms with Crippen molar-refractivity contribution in [3.05, 3.63) is 0 Å². The molecule has 0 unspecified atom stereocenters. The number of rotatable bonds is 0. The van der Waals surface area contributed by atoms with E-state index in [-0.39, 0.29) is 113 Å². The van der Waals surface area contributed by atoms with E-state index in [9.17, 15) is 23.3 Å². The zero-order valence-corrected chi connectivity index (χ0v) is 23.0. The van der Waals surface area contributed by atoms with Crippen molar-refractivity contribution in [3.63, 3.8) is 0 Å². The van der Waals surface area contributed by atoms with Crippen molar-refractivity contribution in [2.75, 3.05) is 0 Å². The molecule has 36 heteroatoms. The molecule has 0 rings (SSSR count). The predicted molar refractivity (Wildman–Crippen MR) is 64.8 cm³/mol. The monoisotopic (exact) mass is 636 g/mol. The maximum atomic E-state index is 10.1. The van der Waals surface area contributed by atoms with Gasteiger partial charge in [-0.05, 0) is 0 Å². The molecule has 0 heterocycles. The Morgan fingerprint density at radius 1 is 0.250 bits per heavy atom. The Labute approximate surface area is 274 Å². The van der Waals surface area contributed by atoms with Crippen LogP contribution in [0, 0.1) is 0 Å². The summed E-state index contributed by atoms with van der Waals surface area (Å²) in [5, 5.41) is 0. The SMILES string of the molecule is O=S(=O)([O-])F.O=S(=O)([O-])F.O=S(=O)([O-])F.O=S(=O)([O-])F.O=S(=O)([O-])F.O=S(=O)([O-])F.[Li+].[Li+].[Li+].[Li+].[Li+].[Li+]. The van der Waals surface area contributed by atoms with Crippen molar-refractivity contribution in [3.8, 4) is 0 Å². The van der Waals surface area contributed by atoms with Gasteiger partial charge in [-0.15, -0.1) is 23.3 Å². The topological polar surface area (TPSA) is 343 Å². The van der Waals surface area contributed by atoms with E-state index >= 15 is 0 Å². The molecule has 0 bridgehead atoms. The first-order chi connectivity index (χ1) is 12.0. The van der Waals surface area contributed by atoms with Crippen molar-refractivity contribution >= 4 is 63.0 Å². The van der Waals surface area contributed by atoms with E-state index in [0.29, 0.717) is 0 Å². The summed E-state index contributed by atoms with van der Waals surface area (Å²) in [5.41, 5.74) is 0. The minimum atomic E-state index is -5.42. The molecule has 0 aliphatic rings. The van der Waals surface area contributed by atoms with Crippen LogP contribution in [0.25, 0.3) is 0 Å². The van der Waals surface area contributed by atoms with E-state index in [0.717, 1.165) is 0 Å². The van der Waals surface area contributed by atoms with Crippen LogP contribution in [0.3, 0.4) is 0 Å². The van der Waals surface area contributed by atoms with Crippen molar-refractivity contribution in [2.24, 2.45) is 0 Å². The Hall–Kier alpha value is 2.62. The molecule has 0 spiro atoms. The van der Waals surface area contributed by atoms with E-state index in [1.807, 2.05) is 0 Å². The van der Waals surface area contributed by atoms with Gasteiger partial charge in [0.25, 0.3) is 63.0 Å². The smallest absolute Gasteiger partial charge is 0.722 e. The Morgan fingerprint density at radius 3 is 0.250 bits per heavy atom. The number of hydrogen-bond acceptors (Lipinski definition) is 18. The molecule has 0 fully saturated rings. The van der Waals surface area contributed by atoms with Crippen LogP contribution in [-0.4, -0.2) is 77.8 Å². The second-order valence-electron chi connectivity index (χ2n) is 2.36. The third kappa shape index (κ3) is 6750. The van der Waals surface area contributed by atoms with Gasteiger partial charge in [0, 0.05) is 0 Å². The zero-order chi connectivity index (χ0) is 27.0. The summed E-state index contributed by atoms with van der Waals surface area (Å²) in [6.07, 6.45) is 0. The Kier molecular flexibility index (Phi) is 72.5. The van der Waals surface area contributed by atoms with Gasteiger partial charge >= 0.3 is 113 Å². The molecule has 0 radical (unpaired) electrons. The van der Waals surface area contributed by atoms with Crippen LogP contribution in [0.5, 0.6) is 0 Å². The fourth-order valence-corrected chi connectivity index (χ4v) is 0. The third-order valence-corrected chi connectivity index (χ3v) is 0. The number of hydrogen-bond donors (Lipinski definition) is 0. The van der Waals surface area contributed by atoms with Gasteiger partial charge in [-0.25, -0.2) is 50.5 Å². The molecule has 36 heavy (non-hydrogen) atoms. The average Bonchev–Trinajstić information content (AvgIpc) is 1.94. The molecule has 0 saturated carbocycles. The van der Waals surface area contributed by atoms with Gasteiger partial charge in [0.2, 0.25) is 0 Å². The summed E-state index contributed by atoms with van der Waals surface area (Å²) in [6, 6.07) is 0. The summed E-state index contributed by atoms with van der Waals surface area (Å²) >= 11 is 0. The molecule has 0 aliphatic heterocycles. The number of halogens is 6. The predicted octanol–water partition coefficient (Wildman–Crippen LogP) is -21.5. The third-order valence-electron chi connectivity index (χ3n) is 0. The molecule has 0 aromatic carbocycles. The van der Waals surface area contributed by atoms with E-state index < -0.39 is 63.0 Å². The first kappa shape index (κ1) is 77.1. The van der Waals surface area contributed by atoms with Crippen LogP contribution >= 0.6 is 0 Å². The van der Waals surface area contributed by atoms with Crippen LogP contribution in [0.1, 0.15) is 0 Å². The average molecular weight is 636 g/mol. The molecule has 18 nitrogen and oxygen atoms in total. The molecule has 0 aromatic heterocycles. The molecule has 0 aliphatic carbocycles. The molecule has 0 saturated heterocycles.